The first-order valence-electron chi connectivity index (χ1n) is 4.61. The molecular weight excluding hydrogens is 196 g/mol. The Hall–Kier alpha value is -1.46. The molecule has 0 atom stereocenters. The Morgan fingerprint density at radius 1 is 1.67 bits per heavy atom. The Kier molecular flexibility index (Phi) is 4.73. The van der Waals surface area contributed by atoms with Crippen molar-refractivity contribution in [2.45, 2.75) is 6.54 Å². The quantitative estimate of drug-likeness (QED) is 0.510. The second kappa shape index (κ2) is 6.10. The molecule has 0 saturated heterocycles. The SMILES string of the molecule is COc1cc(C=O)ncc1CNCCO. The predicted octanol–water partition coefficient (Wildman–Crippen LogP) is -0.0154. The number of nitrogens with one attached hydrogen (secondary N) is 1. The number of carbonyl (C=O) groups excluding carboxylic acids is 1. The molecule has 5 heteroatoms. The second-order valence-electron chi connectivity index (χ2n) is 2.94. The van der Waals surface area contributed by atoms with E-state index in [0.29, 0.717) is 30.8 Å². The molecule has 1 aromatic heterocycles. The maximum absolute atomic E-state index is 10.5. The van der Waals surface area contributed by atoms with E-state index in [1.807, 2.05) is 0 Å². The van der Waals surface area contributed by atoms with Crippen LogP contribution in [0, 0.1) is 0 Å². The van der Waals surface area contributed by atoms with E-state index in [2.05, 4.69) is 10.3 Å². The molecule has 0 aliphatic rings. The van der Waals surface area contributed by atoms with Crippen molar-refractivity contribution in [3.8, 4) is 5.75 Å². The molecule has 0 radical (unpaired) electrons. The molecule has 0 bridgehead atoms. The molecule has 5 nitrogen and oxygen atoms in total. The first-order chi connectivity index (χ1) is 7.31. The van der Waals surface area contributed by atoms with E-state index < -0.39 is 0 Å². The van der Waals surface area contributed by atoms with E-state index >= 15 is 0 Å². The summed E-state index contributed by atoms with van der Waals surface area (Å²) in [5, 5.41) is 11.6. The van der Waals surface area contributed by atoms with E-state index in [-0.39, 0.29) is 6.61 Å². The fourth-order valence-corrected chi connectivity index (χ4v) is 1.17. The Bertz CT molecular complexity index is 328. The summed E-state index contributed by atoms with van der Waals surface area (Å²) >= 11 is 0. The van der Waals surface area contributed by atoms with Crippen LogP contribution in [-0.4, -0.2) is 36.6 Å². The van der Waals surface area contributed by atoms with Gasteiger partial charge in [-0.15, -0.1) is 0 Å². The number of aliphatic hydroxyl groups is 1. The number of carbonyl (C=O) groups is 1. The van der Waals surface area contributed by atoms with Gasteiger partial charge in [0, 0.05) is 30.9 Å². The zero-order valence-electron chi connectivity index (χ0n) is 8.56. The molecule has 0 aromatic carbocycles. The van der Waals surface area contributed by atoms with Crippen LogP contribution in [0.1, 0.15) is 16.1 Å². The van der Waals surface area contributed by atoms with Crippen LogP contribution in [0.25, 0.3) is 0 Å². The van der Waals surface area contributed by atoms with Gasteiger partial charge in [-0.1, -0.05) is 0 Å². The first-order valence-corrected chi connectivity index (χ1v) is 4.61. The number of ether oxygens (including phenoxy) is 1. The molecule has 0 fully saturated rings. The van der Waals surface area contributed by atoms with Crippen molar-refractivity contribution < 1.29 is 14.6 Å². The van der Waals surface area contributed by atoms with E-state index in [1.54, 1.807) is 19.4 Å². The molecule has 1 aromatic rings. The highest BCUT2D eigenvalue weighted by atomic mass is 16.5. The van der Waals surface area contributed by atoms with Crippen LogP contribution in [0.3, 0.4) is 0 Å². The number of aliphatic hydroxyl groups excluding tert-OH is 1. The van der Waals surface area contributed by atoms with Crippen molar-refractivity contribution in [3.05, 3.63) is 23.5 Å². The van der Waals surface area contributed by atoms with Crippen molar-refractivity contribution in [2.24, 2.45) is 0 Å². The summed E-state index contributed by atoms with van der Waals surface area (Å²) in [5.41, 5.74) is 1.20. The van der Waals surface area contributed by atoms with Crippen LogP contribution >= 0.6 is 0 Å². The Morgan fingerprint density at radius 3 is 3.07 bits per heavy atom. The van der Waals surface area contributed by atoms with E-state index in [1.165, 1.54) is 0 Å². The summed E-state index contributed by atoms with van der Waals surface area (Å²) in [6.45, 7) is 1.15. The van der Waals surface area contributed by atoms with Crippen LogP contribution in [0.5, 0.6) is 5.75 Å². The lowest BCUT2D eigenvalue weighted by atomic mass is 10.2. The zero-order chi connectivity index (χ0) is 11.1. The maximum atomic E-state index is 10.5. The average Bonchev–Trinajstić information content (AvgIpc) is 2.29. The summed E-state index contributed by atoms with van der Waals surface area (Å²) in [6, 6.07) is 1.59. The van der Waals surface area contributed by atoms with Gasteiger partial charge in [-0.3, -0.25) is 9.78 Å². The summed E-state index contributed by atoms with van der Waals surface area (Å²) in [6.07, 6.45) is 2.26. The highest BCUT2D eigenvalue weighted by Crippen LogP contribution is 2.17. The van der Waals surface area contributed by atoms with Crippen molar-refractivity contribution in [1.82, 2.24) is 10.3 Å². The third kappa shape index (κ3) is 3.30. The van der Waals surface area contributed by atoms with Crippen molar-refractivity contribution in [1.29, 1.82) is 0 Å². The standard InChI is InChI=1S/C10H14N2O3/c1-15-10-4-9(7-14)12-6-8(10)5-11-2-3-13/h4,6-7,11,13H,2-3,5H2,1H3. The van der Waals surface area contributed by atoms with Crippen LogP contribution in [0.15, 0.2) is 12.3 Å². The van der Waals surface area contributed by atoms with Crippen LogP contribution in [0.4, 0.5) is 0 Å². The second-order valence-corrected chi connectivity index (χ2v) is 2.94. The lowest BCUT2D eigenvalue weighted by Gasteiger charge is -2.08. The fourth-order valence-electron chi connectivity index (χ4n) is 1.17. The number of methoxy groups -OCH3 is 1. The summed E-state index contributed by atoms with van der Waals surface area (Å²) in [7, 11) is 1.54. The molecule has 2 N–H and O–H groups in total. The number of rotatable bonds is 6. The summed E-state index contributed by atoms with van der Waals surface area (Å²) in [5.74, 6) is 0.623. The monoisotopic (exact) mass is 210 g/mol. The lowest BCUT2D eigenvalue weighted by molar-refractivity contribution is 0.111. The molecule has 0 aliphatic heterocycles. The number of aromatic nitrogens is 1. The van der Waals surface area contributed by atoms with Gasteiger partial charge in [-0.05, 0) is 0 Å². The van der Waals surface area contributed by atoms with E-state index in [9.17, 15) is 4.79 Å². The van der Waals surface area contributed by atoms with Gasteiger partial charge in [0.2, 0.25) is 0 Å². The number of hydrogen-bond donors (Lipinski definition) is 2. The minimum absolute atomic E-state index is 0.0855. The molecule has 15 heavy (non-hydrogen) atoms. The normalized spacial score (nSPS) is 10.0. The third-order valence-corrected chi connectivity index (χ3v) is 1.91. The molecule has 1 rings (SSSR count). The minimum atomic E-state index is 0.0855. The van der Waals surface area contributed by atoms with Gasteiger partial charge in [-0.25, -0.2) is 0 Å². The molecule has 0 unspecified atom stereocenters. The third-order valence-electron chi connectivity index (χ3n) is 1.91. The lowest BCUT2D eigenvalue weighted by Crippen LogP contribution is -2.18. The molecule has 0 saturated carbocycles. The number of pyridine rings is 1. The molecule has 0 spiro atoms. The van der Waals surface area contributed by atoms with Crippen LogP contribution < -0.4 is 10.1 Å². The van der Waals surface area contributed by atoms with Crippen molar-refractivity contribution in [3.63, 3.8) is 0 Å². The topological polar surface area (TPSA) is 71.5 Å². The highest BCUT2D eigenvalue weighted by molar-refractivity contribution is 5.72. The van der Waals surface area contributed by atoms with E-state index in [4.69, 9.17) is 9.84 Å². The smallest absolute Gasteiger partial charge is 0.168 e. The first kappa shape index (κ1) is 11.6. The predicted molar refractivity (Wildman–Crippen MR) is 55.0 cm³/mol. The van der Waals surface area contributed by atoms with Gasteiger partial charge in [0.15, 0.2) is 6.29 Å². The fraction of sp³-hybridized carbons (Fsp3) is 0.400. The molecule has 1 heterocycles. The van der Waals surface area contributed by atoms with E-state index in [0.717, 1.165) is 5.56 Å². The summed E-state index contributed by atoms with van der Waals surface area (Å²) < 4.78 is 5.12. The van der Waals surface area contributed by atoms with Crippen LogP contribution in [0.2, 0.25) is 0 Å². The van der Waals surface area contributed by atoms with Crippen LogP contribution in [-0.2, 0) is 6.54 Å². The van der Waals surface area contributed by atoms with Crippen molar-refractivity contribution >= 4 is 6.29 Å². The Balaban J connectivity index is 2.73. The average molecular weight is 210 g/mol. The summed E-state index contributed by atoms with van der Waals surface area (Å²) in [4.78, 5) is 14.4. The highest BCUT2D eigenvalue weighted by Gasteiger charge is 2.04. The van der Waals surface area contributed by atoms with Crippen molar-refractivity contribution in [2.75, 3.05) is 20.3 Å². The number of nitrogens with zero attached hydrogens (tertiary/aromatic N) is 1. The van der Waals surface area contributed by atoms with Gasteiger partial charge in [0.05, 0.1) is 13.7 Å². The van der Waals surface area contributed by atoms with Gasteiger partial charge in [-0.2, -0.15) is 0 Å². The Labute approximate surface area is 88.1 Å². The molecule has 82 valence electrons. The van der Waals surface area contributed by atoms with Gasteiger partial charge >= 0.3 is 0 Å². The largest absolute Gasteiger partial charge is 0.496 e. The maximum Gasteiger partial charge on any atom is 0.168 e. The molecular formula is C10H14N2O3. The molecule has 0 amide bonds. The molecule has 0 aliphatic carbocycles. The zero-order valence-corrected chi connectivity index (χ0v) is 8.56. The van der Waals surface area contributed by atoms with Gasteiger partial charge in [0.25, 0.3) is 0 Å². The number of hydrogen-bond acceptors (Lipinski definition) is 5. The minimum Gasteiger partial charge on any atom is -0.496 e. The Morgan fingerprint density at radius 2 is 2.47 bits per heavy atom. The number of aldehydes is 1. The van der Waals surface area contributed by atoms with Gasteiger partial charge in [0.1, 0.15) is 11.4 Å². The van der Waals surface area contributed by atoms with Gasteiger partial charge < -0.3 is 15.2 Å².